The fourth-order valence-corrected chi connectivity index (χ4v) is 6.66. The molecule has 1 aromatic heterocycles. The van der Waals surface area contributed by atoms with Crippen LogP contribution in [0.15, 0.2) is 17.1 Å². The van der Waals surface area contributed by atoms with Crippen LogP contribution in [0.2, 0.25) is 0 Å². The van der Waals surface area contributed by atoms with Gasteiger partial charge < -0.3 is 81.1 Å². The molecule has 2 fully saturated rings. The summed E-state index contributed by atoms with van der Waals surface area (Å²) in [5.74, 6) is -2.83. The molecular weight excluding hydrogens is 853 g/mol. The van der Waals surface area contributed by atoms with Gasteiger partial charge in [0.2, 0.25) is 17.7 Å². The highest BCUT2D eigenvalue weighted by atomic mass is 31.2. The predicted octanol–water partition coefficient (Wildman–Crippen LogP) is -8.17. The lowest BCUT2D eigenvalue weighted by molar-refractivity contribution is -0.291. The van der Waals surface area contributed by atoms with Crippen molar-refractivity contribution < 1.29 is 102 Å². The Bertz CT molecular complexity index is 1630. The second-order valence-electron chi connectivity index (χ2n) is 13.2. The van der Waals surface area contributed by atoms with Crippen molar-refractivity contribution in [1.29, 1.82) is 0 Å². The highest BCUT2D eigenvalue weighted by Gasteiger charge is 2.64. The summed E-state index contributed by atoms with van der Waals surface area (Å²) < 4.78 is 37.4. The predicted molar refractivity (Wildman–Crippen MR) is 197 cm³/mol. The molecule has 0 saturated carbocycles. The number of rotatable bonds is 27. The number of aliphatic hydroxyl groups is 6. The van der Waals surface area contributed by atoms with Crippen molar-refractivity contribution in [3.63, 3.8) is 0 Å². The summed E-state index contributed by atoms with van der Waals surface area (Å²) in [6, 6.07) is -0.585. The number of hydrogen-bond donors (Lipinski definition) is 14. The molecular formula is C31H53N7O22P+. The lowest BCUT2D eigenvalue weighted by Gasteiger charge is -2.45. The van der Waals surface area contributed by atoms with E-state index in [1.807, 2.05) is 0 Å². The van der Waals surface area contributed by atoms with Gasteiger partial charge >= 0.3 is 25.6 Å². The largest absolute Gasteiger partial charge is 0.573 e. The van der Waals surface area contributed by atoms with Gasteiger partial charge in [-0.15, -0.1) is 4.52 Å². The van der Waals surface area contributed by atoms with E-state index in [4.69, 9.17) is 44.4 Å². The average molecular weight is 907 g/mol. The summed E-state index contributed by atoms with van der Waals surface area (Å²) in [4.78, 5) is 90.0. The number of ether oxygens (including phenoxy) is 5. The summed E-state index contributed by atoms with van der Waals surface area (Å²) in [6.07, 6.45) is -15.6. The maximum Gasteiger partial charge on any atom is 0.573 e. The first-order valence-corrected chi connectivity index (χ1v) is 19.9. The highest BCUT2D eigenvalue weighted by Crippen LogP contribution is 2.58. The summed E-state index contributed by atoms with van der Waals surface area (Å²) in [5.41, 5.74) is 4.49. The molecule has 2 unspecified atom stereocenters. The molecule has 1 aromatic rings. The third-order valence-electron chi connectivity index (χ3n) is 8.73. The zero-order valence-corrected chi connectivity index (χ0v) is 33.3. The summed E-state index contributed by atoms with van der Waals surface area (Å²) in [6.45, 7) is -1.96. The number of anilines is 1. The van der Waals surface area contributed by atoms with Gasteiger partial charge in [-0.2, -0.15) is 19.3 Å². The molecule has 61 heavy (non-hydrogen) atoms. The van der Waals surface area contributed by atoms with Crippen LogP contribution in [0.4, 0.5) is 5.82 Å². The van der Waals surface area contributed by atoms with E-state index in [1.165, 1.54) is 6.07 Å². The van der Waals surface area contributed by atoms with E-state index in [2.05, 4.69) is 25.8 Å². The monoisotopic (exact) mass is 906 g/mol. The Hall–Kier alpha value is -3.69. The maximum atomic E-state index is 12.8. The molecule has 3 rings (SSSR count). The van der Waals surface area contributed by atoms with E-state index in [0.29, 0.717) is 0 Å². The third-order valence-corrected chi connectivity index (χ3v) is 9.75. The van der Waals surface area contributed by atoms with Gasteiger partial charge in [0.15, 0.2) is 6.23 Å². The van der Waals surface area contributed by atoms with Crippen LogP contribution in [0.25, 0.3) is 0 Å². The van der Waals surface area contributed by atoms with Gasteiger partial charge in [0, 0.05) is 25.6 Å². The Balaban J connectivity index is 1.50. The smallest absolute Gasteiger partial charge is 0.477 e. The van der Waals surface area contributed by atoms with E-state index in [1.54, 1.807) is 0 Å². The molecule has 16 N–H and O–H groups in total. The molecule has 0 aliphatic carbocycles. The van der Waals surface area contributed by atoms with E-state index < -0.39 is 125 Å². The van der Waals surface area contributed by atoms with Crippen molar-refractivity contribution in [3.8, 4) is 0 Å². The Labute approximate surface area is 346 Å². The van der Waals surface area contributed by atoms with Crippen LogP contribution in [0.1, 0.15) is 19.1 Å². The van der Waals surface area contributed by atoms with Gasteiger partial charge in [-0.05, 0) is 6.07 Å². The molecule has 2 aliphatic heterocycles. The molecule has 348 valence electrons. The van der Waals surface area contributed by atoms with E-state index in [0.717, 1.165) is 10.8 Å². The Kier molecular flexibility index (Phi) is 21.0. The zero-order chi connectivity index (χ0) is 45.3. The minimum absolute atomic E-state index is 0.0672. The molecule has 29 nitrogen and oxygen atoms in total. The molecule has 0 radical (unpaired) electrons. The van der Waals surface area contributed by atoms with Crippen molar-refractivity contribution in [3.05, 3.63) is 22.7 Å². The van der Waals surface area contributed by atoms with Crippen molar-refractivity contribution >= 4 is 37.7 Å². The summed E-state index contributed by atoms with van der Waals surface area (Å²) in [5, 5.41) is 79.5. The van der Waals surface area contributed by atoms with Crippen LogP contribution in [-0.2, 0) is 56.7 Å². The van der Waals surface area contributed by atoms with Crippen molar-refractivity contribution in [2.45, 2.75) is 73.6 Å². The zero-order valence-electron chi connectivity index (χ0n) is 32.4. The van der Waals surface area contributed by atoms with Crippen LogP contribution < -0.4 is 33.3 Å². The van der Waals surface area contributed by atoms with Gasteiger partial charge in [0.1, 0.15) is 55.7 Å². The number of hydrogen-bond acceptors (Lipinski definition) is 24. The minimum atomic E-state index is -5.40. The fraction of sp³-hybridized carbons (Fsp3) is 0.742. The summed E-state index contributed by atoms with van der Waals surface area (Å²) >= 11 is 0. The third kappa shape index (κ3) is 15.9. The van der Waals surface area contributed by atoms with Crippen molar-refractivity contribution in [2.75, 3.05) is 78.3 Å². The number of aromatic nitrogens is 2. The number of nitrogens with zero attached hydrogens (tertiary/aromatic N) is 2. The van der Waals surface area contributed by atoms with Gasteiger partial charge in [-0.3, -0.25) is 23.8 Å². The van der Waals surface area contributed by atoms with Crippen molar-refractivity contribution in [2.24, 2.45) is 5.90 Å². The molecule has 30 heteroatoms. The molecule has 2 saturated heterocycles. The van der Waals surface area contributed by atoms with Crippen LogP contribution >= 0.6 is 8.17 Å². The maximum absolute atomic E-state index is 12.8. The molecule has 3 heterocycles. The molecule has 0 bridgehead atoms. The number of nitrogens with two attached hydrogens (primary N) is 2. The SMILES string of the molecule is NOCC(=O)NCCOCCOCCOCCC(=O)NCC(=O)N[C@H]1C([C@H](O)[C@H](O)CO)O[C@](O[P+](O)(O)OC[C@H]2O[C@@H](n3ccc(N)nc3=O)[C@@H](O)C2O)(C(=O)O)C[C@H]1O. The number of carbonyl (C=O) groups is 4. The Morgan fingerprint density at radius 3 is 2.26 bits per heavy atom. The Morgan fingerprint density at radius 2 is 1.64 bits per heavy atom. The first kappa shape index (κ1) is 51.7. The number of nitrogen functional groups attached to an aromatic ring is 1. The normalized spacial score (nSPS) is 26.3. The average Bonchev–Trinajstić information content (AvgIpc) is 3.48. The van der Waals surface area contributed by atoms with Gasteiger partial charge in [0.05, 0.1) is 64.9 Å². The standard InChI is InChI=1S/C31H52N7O22P/c32-19-1-4-38(30(50)36-19)28-26(47)25(46)18(58-28)14-57-61(51,52)60-31(29(48)49)11-16(40)23(27(59-31)24(45)17(41)13-39)37-21(43)12-35-20(42)2-5-53-7-9-55-10-8-54-6-3-34-22(44)15-56-33/h1,4,16-18,23-28,39-41,45-47,51-52H,2-3,5-15,33H2,(H5-,32,34,35,36,37,42,43,44,48,49,50)/p+1/t16-,17-,18-,23-,24-,25?,26+,27?,28-,31-/m1/s1. The second-order valence-corrected chi connectivity index (χ2v) is 14.7. The Morgan fingerprint density at radius 1 is 0.984 bits per heavy atom. The topological polar surface area (TPSA) is 447 Å². The lowest BCUT2D eigenvalue weighted by Crippen LogP contribution is -2.68. The number of aliphatic carboxylic acids is 1. The van der Waals surface area contributed by atoms with E-state index in [-0.39, 0.29) is 65.0 Å². The van der Waals surface area contributed by atoms with Crippen LogP contribution in [-0.4, -0.2) is 206 Å². The highest BCUT2D eigenvalue weighted by molar-refractivity contribution is 7.54. The van der Waals surface area contributed by atoms with E-state index >= 15 is 0 Å². The van der Waals surface area contributed by atoms with Crippen LogP contribution in [0.5, 0.6) is 0 Å². The number of amides is 3. The molecule has 3 amide bonds. The molecule has 0 spiro atoms. The first-order chi connectivity index (χ1) is 28.8. The van der Waals surface area contributed by atoms with E-state index in [9.17, 15) is 69.5 Å². The first-order valence-electron chi connectivity index (χ1n) is 18.3. The van der Waals surface area contributed by atoms with Crippen LogP contribution in [0.3, 0.4) is 0 Å². The minimum Gasteiger partial charge on any atom is -0.477 e. The molecule has 0 aromatic carbocycles. The molecule has 2 aliphatic rings. The molecule has 10 atom stereocenters. The number of carboxylic acid groups (broad SMARTS) is 1. The van der Waals surface area contributed by atoms with Gasteiger partial charge in [-0.25, -0.2) is 15.5 Å². The number of nitrogens with one attached hydrogen (secondary N) is 3. The fourth-order valence-electron chi connectivity index (χ4n) is 5.69. The number of carboxylic acids is 1. The van der Waals surface area contributed by atoms with Crippen LogP contribution in [0, 0.1) is 0 Å². The van der Waals surface area contributed by atoms with Gasteiger partial charge in [0.25, 0.3) is 0 Å². The number of carbonyl (C=O) groups excluding carboxylic acids is 3. The van der Waals surface area contributed by atoms with Gasteiger partial charge in [-0.1, -0.05) is 0 Å². The summed E-state index contributed by atoms with van der Waals surface area (Å²) in [7, 11) is -5.40. The quantitative estimate of drug-likeness (QED) is 0.0221. The number of aliphatic hydroxyl groups excluding tert-OH is 6. The van der Waals surface area contributed by atoms with Crippen molar-refractivity contribution in [1.82, 2.24) is 25.5 Å². The second kappa shape index (κ2) is 24.8. The lowest BCUT2D eigenvalue weighted by atomic mass is 9.88.